The standard InChI is InChI=1S/C21H19ClN2O3S/c22-17-7-5-15(6-8-17)13-19-21(25)18-3-1-2-4-20(18)28(26,27)24(19)14-16-9-11-23-12-10-16/h1-12,19,21,25H,13-14H2/t19-,21-/m0/s1. The summed E-state index contributed by atoms with van der Waals surface area (Å²) in [7, 11) is -3.76. The van der Waals surface area contributed by atoms with Crippen LogP contribution in [0.25, 0.3) is 0 Å². The molecule has 28 heavy (non-hydrogen) atoms. The van der Waals surface area contributed by atoms with Crippen molar-refractivity contribution in [2.45, 2.75) is 30.0 Å². The van der Waals surface area contributed by atoms with Crippen LogP contribution >= 0.6 is 11.6 Å². The second-order valence-electron chi connectivity index (χ2n) is 6.79. The Bertz CT molecular complexity index is 1070. The van der Waals surface area contributed by atoms with E-state index < -0.39 is 22.2 Å². The molecule has 2 atom stereocenters. The molecule has 1 aromatic heterocycles. The maximum absolute atomic E-state index is 13.4. The van der Waals surface area contributed by atoms with E-state index in [-0.39, 0.29) is 11.4 Å². The Morgan fingerprint density at radius 2 is 1.64 bits per heavy atom. The van der Waals surface area contributed by atoms with E-state index in [9.17, 15) is 13.5 Å². The average molecular weight is 415 g/mol. The number of rotatable bonds is 4. The Balaban J connectivity index is 1.78. The molecule has 3 aromatic rings. The Kier molecular flexibility index (Phi) is 5.21. The van der Waals surface area contributed by atoms with Gasteiger partial charge in [-0.25, -0.2) is 8.42 Å². The molecule has 0 saturated carbocycles. The lowest BCUT2D eigenvalue weighted by Crippen LogP contribution is -2.48. The summed E-state index contributed by atoms with van der Waals surface area (Å²) in [6.07, 6.45) is 2.70. The zero-order valence-corrected chi connectivity index (χ0v) is 16.5. The van der Waals surface area contributed by atoms with Gasteiger partial charge in [-0.3, -0.25) is 4.98 Å². The van der Waals surface area contributed by atoms with Crippen LogP contribution in [0.3, 0.4) is 0 Å². The molecule has 0 radical (unpaired) electrons. The van der Waals surface area contributed by atoms with Gasteiger partial charge in [-0.05, 0) is 47.9 Å². The quantitative estimate of drug-likeness (QED) is 0.708. The topological polar surface area (TPSA) is 70.5 Å². The second kappa shape index (κ2) is 7.64. The van der Waals surface area contributed by atoms with E-state index in [0.717, 1.165) is 11.1 Å². The Morgan fingerprint density at radius 3 is 2.36 bits per heavy atom. The molecule has 0 spiro atoms. The van der Waals surface area contributed by atoms with Crippen LogP contribution in [0.15, 0.2) is 78.0 Å². The number of aromatic nitrogens is 1. The highest BCUT2D eigenvalue weighted by atomic mass is 35.5. The molecule has 2 heterocycles. The molecule has 0 saturated heterocycles. The fourth-order valence-electron chi connectivity index (χ4n) is 3.57. The highest BCUT2D eigenvalue weighted by Gasteiger charge is 2.43. The van der Waals surface area contributed by atoms with Gasteiger partial charge in [-0.1, -0.05) is 41.9 Å². The molecule has 2 aromatic carbocycles. The molecule has 0 fully saturated rings. The van der Waals surface area contributed by atoms with Crippen molar-refractivity contribution in [3.63, 3.8) is 0 Å². The lowest BCUT2D eigenvalue weighted by molar-refractivity contribution is 0.0769. The third-order valence-corrected chi connectivity index (χ3v) is 7.20. The highest BCUT2D eigenvalue weighted by molar-refractivity contribution is 7.89. The maximum Gasteiger partial charge on any atom is 0.244 e. The van der Waals surface area contributed by atoms with Crippen molar-refractivity contribution in [3.8, 4) is 0 Å². The number of hydrogen-bond donors (Lipinski definition) is 1. The molecule has 4 rings (SSSR count). The minimum absolute atomic E-state index is 0.156. The van der Waals surface area contributed by atoms with E-state index in [1.54, 1.807) is 60.9 Å². The first-order chi connectivity index (χ1) is 13.5. The first-order valence-electron chi connectivity index (χ1n) is 8.89. The van der Waals surface area contributed by atoms with E-state index in [0.29, 0.717) is 17.0 Å². The zero-order chi connectivity index (χ0) is 19.7. The molecule has 1 aliphatic heterocycles. The van der Waals surface area contributed by atoms with Gasteiger partial charge in [-0.15, -0.1) is 0 Å². The largest absolute Gasteiger partial charge is 0.387 e. The normalized spacial score (nSPS) is 21.2. The van der Waals surface area contributed by atoms with Gasteiger partial charge in [0.1, 0.15) is 0 Å². The first-order valence-corrected chi connectivity index (χ1v) is 10.7. The average Bonchev–Trinajstić information content (AvgIpc) is 2.71. The Labute approximate surface area is 169 Å². The molecule has 0 unspecified atom stereocenters. The summed E-state index contributed by atoms with van der Waals surface area (Å²) >= 11 is 5.97. The maximum atomic E-state index is 13.4. The molecule has 144 valence electrons. The molecular weight excluding hydrogens is 396 g/mol. The number of benzene rings is 2. The van der Waals surface area contributed by atoms with Crippen molar-refractivity contribution in [1.82, 2.24) is 9.29 Å². The molecule has 1 aliphatic rings. The predicted molar refractivity (Wildman–Crippen MR) is 107 cm³/mol. The number of sulfonamides is 1. The summed E-state index contributed by atoms with van der Waals surface area (Å²) in [4.78, 5) is 4.15. The van der Waals surface area contributed by atoms with E-state index >= 15 is 0 Å². The van der Waals surface area contributed by atoms with Crippen molar-refractivity contribution in [1.29, 1.82) is 0 Å². The molecule has 0 amide bonds. The van der Waals surface area contributed by atoms with Crippen molar-refractivity contribution in [2.75, 3.05) is 0 Å². The fourth-order valence-corrected chi connectivity index (χ4v) is 5.56. The van der Waals surface area contributed by atoms with Gasteiger partial charge < -0.3 is 5.11 Å². The number of nitrogens with zero attached hydrogens (tertiary/aromatic N) is 2. The molecule has 0 aliphatic carbocycles. The van der Waals surface area contributed by atoms with Crippen LogP contribution in [0.4, 0.5) is 0 Å². The summed E-state index contributed by atoms with van der Waals surface area (Å²) in [5.41, 5.74) is 2.15. The van der Waals surface area contributed by atoms with Crippen molar-refractivity contribution in [2.24, 2.45) is 0 Å². The Morgan fingerprint density at radius 1 is 0.964 bits per heavy atom. The second-order valence-corrected chi connectivity index (χ2v) is 9.08. The smallest absolute Gasteiger partial charge is 0.244 e. The minimum atomic E-state index is -3.76. The number of pyridine rings is 1. The van der Waals surface area contributed by atoms with Gasteiger partial charge in [0.05, 0.1) is 17.0 Å². The monoisotopic (exact) mass is 414 g/mol. The van der Waals surface area contributed by atoms with E-state index in [4.69, 9.17) is 11.6 Å². The van der Waals surface area contributed by atoms with Crippen molar-refractivity contribution in [3.05, 3.63) is 94.8 Å². The molecule has 5 nitrogen and oxygen atoms in total. The van der Waals surface area contributed by atoms with Crippen LogP contribution in [0, 0.1) is 0 Å². The third kappa shape index (κ3) is 3.56. The number of halogens is 1. The molecular formula is C21H19ClN2O3S. The van der Waals surface area contributed by atoms with Crippen LogP contribution in [-0.4, -0.2) is 28.9 Å². The summed E-state index contributed by atoms with van der Waals surface area (Å²) in [5, 5.41) is 11.7. The summed E-state index contributed by atoms with van der Waals surface area (Å²) in [6.45, 7) is 0.161. The zero-order valence-electron chi connectivity index (χ0n) is 14.9. The van der Waals surface area contributed by atoms with Gasteiger partial charge >= 0.3 is 0 Å². The Hall–Kier alpha value is -2.25. The van der Waals surface area contributed by atoms with E-state index in [2.05, 4.69) is 4.98 Å². The van der Waals surface area contributed by atoms with Gasteiger partial charge in [-0.2, -0.15) is 4.31 Å². The summed E-state index contributed by atoms with van der Waals surface area (Å²) in [5.74, 6) is 0. The SMILES string of the molecule is O=S1(=O)c2ccccc2[C@H](O)[C@H](Cc2ccc(Cl)cc2)N1Cc1ccncc1. The number of aliphatic hydroxyl groups is 1. The number of aliphatic hydroxyl groups excluding tert-OH is 1. The third-order valence-electron chi connectivity index (χ3n) is 5.00. The van der Waals surface area contributed by atoms with Crippen LogP contribution in [0.2, 0.25) is 5.02 Å². The van der Waals surface area contributed by atoms with Crippen molar-refractivity contribution >= 4 is 21.6 Å². The summed E-state index contributed by atoms with van der Waals surface area (Å²) < 4.78 is 28.2. The van der Waals surface area contributed by atoms with Crippen LogP contribution in [-0.2, 0) is 23.0 Å². The first kappa shape index (κ1) is 19.1. The van der Waals surface area contributed by atoms with E-state index in [1.807, 2.05) is 12.1 Å². The predicted octanol–water partition coefficient (Wildman–Crippen LogP) is 3.58. The van der Waals surface area contributed by atoms with Gasteiger partial charge in [0.2, 0.25) is 10.0 Å². The lowest BCUT2D eigenvalue weighted by Gasteiger charge is -2.39. The lowest BCUT2D eigenvalue weighted by atomic mass is 9.95. The number of fused-ring (bicyclic) bond motifs is 1. The summed E-state index contributed by atoms with van der Waals surface area (Å²) in [6, 6.07) is 16.8. The molecule has 0 bridgehead atoms. The van der Waals surface area contributed by atoms with Gasteiger partial charge in [0.25, 0.3) is 0 Å². The van der Waals surface area contributed by atoms with Crippen LogP contribution in [0.1, 0.15) is 22.8 Å². The minimum Gasteiger partial charge on any atom is -0.387 e. The van der Waals surface area contributed by atoms with Crippen LogP contribution in [0.5, 0.6) is 0 Å². The number of hydrogen-bond acceptors (Lipinski definition) is 4. The van der Waals surface area contributed by atoms with Gasteiger partial charge in [0.15, 0.2) is 0 Å². The molecule has 1 N–H and O–H groups in total. The van der Waals surface area contributed by atoms with Crippen LogP contribution < -0.4 is 0 Å². The van der Waals surface area contributed by atoms with Gasteiger partial charge in [0, 0.05) is 29.5 Å². The fraction of sp³-hybridized carbons (Fsp3) is 0.190. The van der Waals surface area contributed by atoms with E-state index in [1.165, 1.54) is 4.31 Å². The highest BCUT2D eigenvalue weighted by Crippen LogP contribution is 2.38. The van der Waals surface area contributed by atoms with Crippen molar-refractivity contribution < 1.29 is 13.5 Å². The molecule has 7 heteroatoms.